The molecule has 7 heteroatoms. The van der Waals surface area contributed by atoms with Gasteiger partial charge in [-0.2, -0.15) is 0 Å². The van der Waals surface area contributed by atoms with Gasteiger partial charge in [0.05, 0.1) is 6.54 Å². The fourth-order valence-electron chi connectivity index (χ4n) is 2.77. The first-order chi connectivity index (χ1) is 12.1. The Hall–Kier alpha value is -2.60. The van der Waals surface area contributed by atoms with E-state index in [1.54, 1.807) is 29.2 Å². The van der Waals surface area contributed by atoms with E-state index in [9.17, 15) is 9.59 Å². The lowest BCUT2D eigenvalue weighted by Gasteiger charge is -2.35. The SMILES string of the molecule is O=C(NCC(=O)N1CCN(c2cc[nH+]cc2)CC1)c1ccc(Cl)cc1. The third-order valence-electron chi connectivity index (χ3n) is 4.20. The van der Waals surface area contributed by atoms with Crippen LogP contribution in [0.5, 0.6) is 0 Å². The van der Waals surface area contributed by atoms with Gasteiger partial charge < -0.3 is 15.1 Å². The van der Waals surface area contributed by atoms with E-state index in [4.69, 9.17) is 11.6 Å². The number of pyridine rings is 1. The van der Waals surface area contributed by atoms with Crippen LogP contribution in [0.15, 0.2) is 48.8 Å². The quantitative estimate of drug-likeness (QED) is 0.893. The Balaban J connectivity index is 1.46. The van der Waals surface area contributed by atoms with Crippen molar-refractivity contribution in [1.82, 2.24) is 10.2 Å². The smallest absolute Gasteiger partial charge is 0.251 e. The molecule has 1 fully saturated rings. The first kappa shape index (κ1) is 17.2. The van der Waals surface area contributed by atoms with Crippen LogP contribution < -0.4 is 15.2 Å². The Kier molecular flexibility index (Phi) is 5.50. The summed E-state index contributed by atoms with van der Waals surface area (Å²) in [5, 5.41) is 3.24. The van der Waals surface area contributed by atoms with Gasteiger partial charge in [-0.15, -0.1) is 0 Å². The van der Waals surface area contributed by atoms with E-state index in [1.165, 1.54) is 0 Å². The van der Waals surface area contributed by atoms with Gasteiger partial charge in [-0.1, -0.05) is 11.6 Å². The van der Waals surface area contributed by atoms with Crippen LogP contribution >= 0.6 is 11.6 Å². The molecule has 0 atom stereocenters. The Bertz CT molecular complexity index is 729. The molecule has 1 saturated heterocycles. The average Bonchev–Trinajstić information content (AvgIpc) is 2.67. The Morgan fingerprint density at radius 1 is 1.00 bits per heavy atom. The van der Waals surface area contributed by atoms with Gasteiger partial charge in [0.25, 0.3) is 5.91 Å². The van der Waals surface area contributed by atoms with Crippen LogP contribution in [0.3, 0.4) is 0 Å². The summed E-state index contributed by atoms with van der Waals surface area (Å²) in [5.74, 6) is -0.340. The molecule has 3 rings (SSSR count). The minimum absolute atomic E-state index is 0.00174. The van der Waals surface area contributed by atoms with Crippen LogP contribution in [0, 0.1) is 0 Å². The number of amides is 2. The highest BCUT2D eigenvalue weighted by Crippen LogP contribution is 2.14. The number of halogens is 1. The molecule has 0 unspecified atom stereocenters. The van der Waals surface area contributed by atoms with Crippen LogP contribution in [0.25, 0.3) is 0 Å². The van der Waals surface area contributed by atoms with Gasteiger partial charge in [0.2, 0.25) is 5.91 Å². The van der Waals surface area contributed by atoms with Crippen molar-refractivity contribution in [1.29, 1.82) is 0 Å². The molecule has 0 spiro atoms. The van der Waals surface area contributed by atoms with Gasteiger partial charge in [0, 0.05) is 54.6 Å². The number of hydrogen-bond acceptors (Lipinski definition) is 3. The second-order valence-electron chi connectivity index (χ2n) is 5.82. The van der Waals surface area contributed by atoms with Crippen molar-refractivity contribution in [3.05, 3.63) is 59.4 Å². The standard InChI is InChI=1S/C18H19ClN4O2/c19-15-3-1-14(2-4-15)18(25)21-13-17(24)23-11-9-22(10-12-23)16-5-7-20-8-6-16/h1-8H,9-13H2,(H,21,25)/p+1. The number of carbonyl (C=O) groups excluding carboxylic acids is 2. The monoisotopic (exact) mass is 359 g/mol. The van der Waals surface area contributed by atoms with E-state index < -0.39 is 0 Å². The fraction of sp³-hybridized carbons (Fsp3) is 0.278. The number of H-pyrrole nitrogens is 1. The zero-order chi connectivity index (χ0) is 17.6. The number of piperazine rings is 1. The van der Waals surface area contributed by atoms with Crippen LogP contribution in [-0.4, -0.2) is 49.4 Å². The fourth-order valence-corrected chi connectivity index (χ4v) is 2.90. The molecule has 2 aromatic rings. The second-order valence-corrected chi connectivity index (χ2v) is 6.25. The molecule has 1 aliphatic heterocycles. The molecular formula is C18H20ClN4O2+. The molecule has 1 aromatic carbocycles. The summed E-state index contributed by atoms with van der Waals surface area (Å²) in [4.78, 5) is 31.4. The number of aromatic amines is 1. The van der Waals surface area contributed by atoms with Crippen LogP contribution in [0.2, 0.25) is 5.02 Å². The summed E-state index contributed by atoms with van der Waals surface area (Å²) in [6, 6.07) is 10.6. The number of aromatic nitrogens is 1. The lowest BCUT2D eigenvalue weighted by atomic mass is 10.2. The maximum Gasteiger partial charge on any atom is 0.251 e. The maximum atomic E-state index is 12.3. The highest BCUT2D eigenvalue weighted by molar-refractivity contribution is 6.30. The first-order valence-corrected chi connectivity index (χ1v) is 8.54. The summed E-state index contributed by atoms with van der Waals surface area (Å²) < 4.78 is 0. The van der Waals surface area contributed by atoms with Crippen molar-refractivity contribution in [2.45, 2.75) is 0 Å². The molecule has 25 heavy (non-hydrogen) atoms. The molecule has 1 aliphatic rings. The number of hydrogen-bond donors (Lipinski definition) is 1. The minimum Gasteiger partial charge on any atom is -0.368 e. The molecule has 130 valence electrons. The van der Waals surface area contributed by atoms with Crippen molar-refractivity contribution in [2.24, 2.45) is 0 Å². The Labute approximate surface area is 151 Å². The summed E-state index contributed by atoms with van der Waals surface area (Å²) in [7, 11) is 0. The van der Waals surface area contributed by atoms with Gasteiger partial charge in [-0.3, -0.25) is 9.59 Å². The molecule has 0 bridgehead atoms. The van der Waals surface area contributed by atoms with Crippen molar-refractivity contribution < 1.29 is 14.6 Å². The van der Waals surface area contributed by atoms with Crippen molar-refractivity contribution in [3.8, 4) is 0 Å². The third kappa shape index (κ3) is 4.48. The van der Waals surface area contributed by atoms with Crippen molar-refractivity contribution >= 4 is 29.1 Å². The second kappa shape index (κ2) is 7.98. The summed E-state index contributed by atoms with van der Waals surface area (Å²) in [6.07, 6.45) is 3.78. The zero-order valence-electron chi connectivity index (χ0n) is 13.7. The maximum absolute atomic E-state index is 12.3. The van der Waals surface area contributed by atoms with Gasteiger partial charge in [-0.05, 0) is 24.3 Å². The Morgan fingerprint density at radius 2 is 1.64 bits per heavy atom. The number of carbonyl (C=O) groups is 2. The number of anilines is 1. The number of nitrogens with one attached hydrogen (secondary N) is 2. The summed E-state index contributed by atoms with van der Waals surface area (Å²) in [6.45, 7) is 2.85. The molecule has 6 nitrogen and oxygen atoms in total. The van der Waals surface area contributed by atoms with Crippen LogP contribution in [-0.2, 0) is 4.79 Å². The number of nitrogens with zero attached hydrogens (tertiary/aromatic N) is 2. The first-order valence-electron chi connectivity index (χ1n) is 8.16. The van der Waals surface area contributed by atoms with Crippen molar-refractivity contribution in [2.75, 3.05) is 37.6 Å². The zero-order valence-corrected chi connectivity index (χ0v) is 14.5. The van der Waals surface area contributed by atoms with Gasteiger partial charge in [0.15, 0.2) is 12.4 Å². The molecule has 1 aromatic heterocycles. The lowest BCUT2D eigenvalue weighted by molar-refractivity contribution is -0.377. The van der Waals surface area contributed by atoms with E-state index in [0.717, 1.165) is 18.8 Å². The normalized spacial score (nSPS) is 14.3. The largest absolute Gasteiger partial charge is 0.368 e. The minimum atomic E-state index is -0.274. The predicted octanol–water partition coefficient (Wildman–Crippen LogP) is 1.23. The molecule has 2 N–H and O–H groups in total. The molecule has 2 heterocycles. The average molecular weight is 360 g/mol. The highest BCUT2D eigenvalue weighted by atomic mass is 35.5. The van der Waals surface area contributed by atoms with Crippen LogP contribution in [0.4, 0.5) is 5.69 Å². The van der Waals surface area contributed by atoms with E-state index >= 15 is 0 Å². The summed E-state index contributed by atoms with van der Waals surface area (Å²) >= 11 is 5.80. The van der Waals surface area contributed by atoms with E-state index in [1.807, 2.05) is 24.5 Å². The number of benzene rings is 1. The molecule has 2 amide bonds. The molecular weight excluding hydrogens is 340 g/mol. The molecule has 0 saturated carbocycles. The Morgan fingerprint density at radius 3 is 2.28 bits per heavy atom. The van der Waals surface area contributed by atoms with Gasteiger partial charge in [-0.25, -0.2) is 4.98 Å². The highest BCUT2D eigenvalue weighted by Gasteiger charge is 2.21. The third-order valence-corrected chi connectivity index (χ3v) is 4.46. The van der Waals surface area contributed by atoms with Crippen LogP contribution in [0.1, 0.15) is 10.4 Å². The molecule has 0 aliphatic carbocycles. The lowest BCUT2D eigenvalue weighted by Crippen LogP contribution is -2.51. The van der Waals surface area contributed by atoms with E-state index in [0.29, 0.717) is 23.7 Å². The predicted molar refractivity (Wildman–Crippen MR) is 95.6 cm³/mol. The molecule has 0 radical (unpaired) electrons. The summed E-state index contributed by atoms with van der Waals surface area (Å²) in [5.41, 5.74) is 1.63. The van der Waals surface area contributed by atoms with Crippen molar-refractivity contribution in [3.63, 3.8) is 0 Å². The number of rotatable bonds is 4. The van der Waals surface area contributed by atoms with E-state index in [2.05, 4.69) is 15.2 Å². The van der Waals surface area contributed by atoms with Gasteiger partial charge >= 0.3 is 0 Å². The van der Waals surface area contributed by atoms with E-state index in [-0.39, 0.29) is 18.4 Å². The topological polar surface area (TPSA) is 66.8 Å². The van der Waals surface area contributed by atoms with Gasteiger partial charge in [0.1, 0.15) is 0 Å².